The molecule has 4 rings (SSSR count). The molecule has 0 aliphatic rings. The van der Waals surface area contributed by atoms with Gasteiger partial charge in [0.05, 0.1) is 28.9 Å². The van der Waals surface area contributed by atoms with Crippen molar-refractivity contribution >= 4 is 57.5 Å². The van der Waals surface area contributed by atoms with Crippen LogP contribution in [-0.2, 0) is 4.79 Å². The molecule has 0 saturated heterocycles. The molecule has 1 N–H and O–H groups in total. The number of benzene rings is 2. The van der Waals surface area contributed by atoms with Gasteiger partial charge in [-0.25, -0.2) is 4.98 Å². The maximum Gasteiger partial charge on any atom is 0.234 e. The summed E-state index contributed by atoms with van der Waals surface area (Å²) in [5.41, 5.74) is 5.47. The summed E-state index contributed by atoms with van der Waals surface area (Å²) in [7, 11) is 0. The van der Waals surface area contributed by atoms with Crippen molar-refractivity contribution in [1.29, 1.82) is 0 Å². The number of anilines is 1. The van der Waals surface area contributed by atoms with E-state index in [0.717, 1.165) is 38.4 Å². The molecule has 1 amide bonds. The molecule has 0 radical (unpaired) electrons. The molecule has 0 spiro atoms. The molecular weight excluding hydrogens is 384 g/mol. The van der Waals surface area contributed by atoms with Gasteiger partial charge in [0.1, 0.15) is 11.0 Å². The average Bonchev–Trinajstić information content (AvgIpc) is 3.30. The van der Waals surface area contributed by atoms with E-state index in [9.17, 15) is 4.79 Å². The lowest BCUT2D eigenvalue weighted by Gasteiger charge is -2.04. The van der Waals surface area contributed by atoms with Gasteiger partial charge in [-0.05, 0) is 19.1 Å². The second-order valence-electron chi connectivity index (χ2n) is 5.64. The number of fused-ring (bicyclic) bond motifs is 1. The summed E-state index contributed by atoms with van der Waals surface area (Å²) >= 11 is 4.13. The minimum absolute atomic E-state index is 0.0809. The van der Waals surface area contributed by atoms with Crippen LogP contribution in [0.4, 0.5) is 5.69 Å². The molecule has 0 unspecified atom stereocenters. The predicted octanol–water partition coefficient (Wildman–Crippen LogP) is 4.85. The third-order valence-electron chi connectivity index (χ3n) is 3.72. The van der Waals surface area contributed by atoms with Crippen molar-refractivity contribution in [1.82, 2.24) is 13.7 Å². The van der Waals surface area contributed by atoms with E-state index in [2.05, 4.69) is 50.2 Å². The third-order valence-corrected chi connectivity index (χ3v) is 6.28. The van der Waals surface area contributed by atoms with Crippen molar-refractivity contribution in [3.8, 4) is 11.3 Å². The van der Waals surface area contributed by atoms with Gasteiger partial charge in [0, 0.05) is 10.9 Å². The van der Waals surface area contributed by atoms with Gasteiger partial charge in [-0.15, -0.1) is 11.3 Å². The number of hydrogen-bond acceptors (Lipinski definition) is 7. The van der Waals surface area contributed by atoms with Crippen LogP contribution in [0.15, 0.2) is 52.2 Å². The van der Waals surface area contributed by atoms with Gasteiger partial charge in [-0.3, -0.25) is 4.79 Å². The predicted molar refractivity (Wildman–Crippen MR) is 109 cm³/mol. The normalized spacial score (nSPS) is 11.0. The van der Waals surface area contributed by atoms with Gasteiger partial charge in [-0.1, -0.05) is 47.7 Å². The number of aromatic nitrogens is 3. The number of aryl methyl sites for hydroxylation is 1. The zero-order valence-electron chi connectivity index (χ0n) is 13.8. The molecule has 4 aromatic rings. The van der Waals surface area contributed by atoms with Gasteiger partial charge in [-0.2, -0.15) is 8.75 Å². The van der Waals surface area contributed by atoms with Crippen LogP contribution in [0.3, 0.4) is 0 Å². The maximum absolute atomic E-state index is 12.3. The molecule has 8 heteroatoms. The Morgan fingerprint density at radius 1 is 1.15 bits per heavy atom. The van der Waals surface area contributed by atoms with Gasteiger partial charge in [0.2, 0.25) is 5.91 Å². The fourth-order valence-electron chi connectivity index (χ4n) is 2.40. The first-order chi connectivity index (χ1) is 12.7. The Kier molecular flexibility index (Phi) is 4.96. The third kappa shape index (κ3) is 3.77. The molecule has 0 saturated carbocycles. The van der Waals surface area contributed by atoms with Crippen LogP contribution in [0.5, 0.6) is 0 Å². The Bertz CT molecular complexity index is 1060. The van der Waals surface area contributed by atoms with Crippen LogP contribution in [0, 0.1) is 6.92 Å². The summed E-state index contributed by atoms with van der Waals surface area (Å²) in [4.78, 5) is 16.9. The first-order valence-corrected chi connectivity index (χ1v) is 10.4. The van der Waals surface area contributed by atoms with Crippen molar-refractivity contribution in [3.05, 3.63) is 53.4 Å². The number of nitrogens with zero attached hydrogens (tertiary/aromatic N) is 3. The van der Waals surface area contributed by atoms with Crippen LogP contribution >= 0.6 is 34.8 Å². The molecule has 0 aliphatic carbocycles. The Hall–Kier alpha value is -2.29. The van der Waals surface area contributed by atoms with E-state index < -0.39 is 0 Å². The summed E-state index contributed by atoms with van der Waals surface area (Å²) < 4.78 is 9.29. The number of amides is 1. The molecule has 2 heterocycles. The highest BCUT2D eigenvalue weighted by Crippen LogP contribution is 2.29. The van der Waals surface area contributed by atoms with E-state index in [1.54, 1.807) is 11.3 Å². The van der Waals surface area contributed by atoms with E-state index in [-0.39, 0.29) is 5.91 Å². The van der Waals surface area contributed by atoms with Crippen molar-refractivity contribution in [2.75, 3.05) is 11.1 Å². The van der Waals surface area contributed by atoms with Crippen molar-refractivity contribution in [2.45, 2.75) is 11.3 Å². The minimum atomic E-state index is -0.0809. The monoisotopic (exact) mass is 398 g/mol. The van der Waals surface area contributed by atoms with E-state index in [1.807, 2.05) is 23.6 Å². The van der Waals surface area contributed by atoms with Crippen molar-refractivity contribution in [2.24, 2.45) is 0 Å². The molecule has 0 bridgehead atoms. The summed E-state index contributed by atoms with van der Waals surface area (Å²) in [6, 6.07) is 13.9. The van der Waals surface area contributed by atoms with Crippen molar-refractivity contribution < 1.29 is 4.79 Å². The summed E-state index contributed by atoms with van der Waals surface area (Å²) in [5, 5.41) is 4.93. The molecule has 130 valence electrons. The van der Waals surface area contributed by atoms with E-state index in [0.29, 0.717) is 11.4 Å². The first-order valence-electron chi connectivity index (χ1n) is 7.85. The topological polar surface area (TPSA) is 67.8 Å². The molecule has 2 aromatic heterocycles. The maximum atomic E-state index is 12.3. The second kappa shape index (κ2) is 7.53. The average molecular weight is 399 g/mol. The minimum Gasteiger partial charge on any atom is -0.323 e. The molecule has 26 heavy (non-hydrogen) atoms. The van der Waals surface area contributed by atoms with E-state index in [1.165, 1.54) is 17.3 Å². The molecule has 5 nitrogen and oxygen atoms in total. The van der Waals surface area contributed by atoms with Crippen LogP contribution in [-0.4, -0.2) is 25.4 Å². The highest BCUT2D eigenvalue weighted by molar-refractivity contribution is 8.01. The summed E-state index contributed by atoms with van der Waals surface area (Å²) in [6.07, 6.45) is 0. The molecule has 0 atom stereocenters. The highest BCUT2D eigenvalue weighted by atomic mass is 32.2. The number of thioether (sulfide) groups is 1. The van der Waals surface area contributed by atoms with Gasteiger partial charge >= 0.3 is 0 Å². The Morgan fingerprint density at radius 3 is 2.85 bits per heavy atom. The Labute approximate surface area is 162 Å². The number of carbonyl (C=O) groups excluding carboxylic acids is 1. The zero-order chi connectivity index (χ0) is 17.9. The van der Waals surface area contributed by atoms with Gasteiger partial charge in [0.15, 0.2) is 4.34 Å². The molecule has 0 aliphatic heterocycles. The smallest absolute Gasteiger partial charge is 0.234 e. The van der Waals surface area contributed by atoms with E-state index >= 15 is 0 Å². The van der Waals surface area contributed by atoms with Gasteiger partial charge in [0.25, 0.3) is 0 Å². The fraction of sp³-hybridized carbons (Fsp3) is 0.111. The second-order valence-corrected chi connectivity index (χ2v) is 8.25. The van der Waals surface area contributed by atoms with Crippen molar-refractivity contribution in [3.63, 3.8) is 0 Å². The number of nitrogens with one attached hydrogen (secondary N) is 1. The molecular formula is C18H14N4OS3. The largest absolute Gasteiger partial charge is 0.323 e. The lowest BCUT2D eigenvalue weighted by molar-refractivity contribution is -0.113. The Balaban J connectivity index is 1.39. The number of rotatable bonds is 5. The summed E-state index contributed by atoms with van der Waals surface area (Å²) in [6.45, 7) is 2.06. The van der Waals surface area contributed by atoms with Crippen LogP contribution < -0.4 is 5.32 Å². The number of carbonyl (C=O) groups is 1. The highest BCUT2D eigenvalue weighted by Gasteiger charge is 2.11. The van der Waals surface area contributed by atoms with Crippen LogP contribution in [0.2, 0.25) is 0 Å². The zero-order valence-corrected chi connectivity index (χ0v) is 16.3. The first kappa shape index (κ1) is 17.1. The molecule has 0 fully saturated rings. The Morgan fingerprint density at radius 2 is 2.00 bits per heavy atom. The summed E-state index contributed by atoms with van der Waals surface area (Å²) in [5.74, 6) is 0.219. The van der Waals surface area contributed by atoms with E-state index in [4.69, 9.17) is 0 Å². The number of hydrogen-bond donors (Lipinski definition) is 1. The van der Waals surface area contributed by atoms with Crippen LogP contribution in [0.1, 0.15) is 5.56 Å². The van der Waals surface area contributed by atoms with Gasteiger partial charge < -0.3 is 5.32 Å². The molecule has 2 aromatic carbocycles. The lowest BCUT2D eigenvalue weighted by atomic mass is 10.1. The standard InChI is InChI=1S/C18H14N4OS3/c1-11-5-7-12(8-6-11)15-9-24-18(20-15)25-10-16(23)19-13-3-2-4-14-17(13)22-26-21-14/h2-9H,10H2,1H3,(H,19,23). The lowest BCUT2D eigenvalue weighted by Crippen LogP contribution is -2.14. The fourth-order valence-corrected chi connectivity index (χ4v) is 4.59. The SMILES string of the molecule is Cc1ccc(-c2csc(SCC(=O)Nc3cccc4nsnc34)n2)cc1. The number of thiazole rings is 1. The van der Waals surface area contributed by atoms with Crippen LogP contribution in [0.25, 0.3) is 22.3 Å². The quantitative estimate of drug-likeness (QED) is 0.487.